The molecule has 1 aliphatic carbocycles. The van der Waals surface area contributed by atoms with E-state index in [1.54, 1.807) is 0 Å². The van der Waals surface area contributed by atoms with E-state index >= 15 is 0 Å². The van der Waals surface area contributed by atoms with Crippen LogP contribution in [0.5, 0.6) is 0 Å². The minimum absolute atomic E-state index is 0.0264. The number of amides is 1. The smallest absolute Gasteiger partial charge is 0.272 e. The van der Waals surface area contributed by atoms with Crippen molar-refractivity contribution in [3.8, 4) is 0 Å². The molecule has 3 rings (SSSR count). The van der Waals surface area contributed by atoms with Gasteiger partial charge in [-0.3, -0.25) is 14.2 Å². The largest absolute Gasteiger partial charge is 0.346 e. The lowest BCUT2D eigenvalue weighted by molar-refractivity contribution is -0.118. The number of aromatic nitrogens is 3. The molecule has 1 amide bonds. The number of nitrogens with one attached hydrogen (secondary N) is 1. The first kappa shape index (κ1) is 19.1. The molecule has 27 heavy (non-hydrogen) atoms. The van der Waals surface area contributed by atoms with Crippen LogP contribution in [0.1, 0.15) is 30.0 Å². The zero-order valence-electron chi connectivity index (χ0n) is 15.5. The van der Waals surface area contributed by atoms with Gasteiger partial charge in [0.25, 0.3) is 5.56 Å². The van der Waals surface area contributed by atoms with E-state index in [1.807, 2.05) is 13.0 Å². The summed E-state index contributed by atoms with van der Waals surface area (Å²) >= 11 is 0.970. The third-order valence-corrected chi connectivity index (χ3v) is 5.43. The van der Waals surface area contributed by atoms with E-state index < -0.39 is 11.2 Å². The van der Waals surface area contributed by atoms with Crippen LogP contribution in [0.4, 0.5) is 0 Å². The Labute approximate surface area is 160 Å². The first-order valence-electron chi connectivity index (χ1n) is 8.59. The Hall–Kier alpha value is -2.68. The number of nitrogens with zero attached hydrogens (tertiary/aromatic N) is 4. The summed E-state index contributed by atoms with van der Waals surface area (Å²) in [7, 11) is 2.83. The van der Waals surface area contributed by atoms with E-state index in [0.29, 0.717) is 0 Å². The highest BCUT2D eigenvalue weighted by molar-refractivity contribution is 7.99. The first-order valence-corrected chi connectivity index (χ1v) is 9.58. The lowest BCUT2D eigenvalue weighted by atomic mass is 10.0. The quantitative estimate of drug-likeness (QED) is 0.460. The standard InChI is InChI=1S/C18H21N5O3S/c1-11(13-8-7-12-5-4-6-14(12)9-13)19-20-15(24)10-27-16-17(25)22(2)18(26)23(3)21-16/h7-9H,4-6,10H2,1-3H3,(H,20,24)/b19-11-. The fourth-order valence-corrected chi connectivity index (χ4v) is 3.71. The molecule has 1 aromatic carbocycles. The van der Waals surface area contributed by atoms with Crippen LogP contribution in [0.2, 0.25) is 0 Å². The van der Waals surface area contributed by atoms with Gasteiger partial charge in [-0.05, 0) is 48.9 Å². The average Bonchev–Trinajstić information content (AvgIpc) is 3.13. The molecule has 142 valence electrons. The molecule has 9 heteroatoms. The number of benzene rings is 1. The number of carbonyl (C=O) groups excluding carboxylic acids is 1. The maximum Gasteiger partial charge on any atom is 0.346 e. The predicted molar refractivity (Wildman–Crippen MR) is 104 cm³/mol. The number of hydrogen-bond acceptors (Lipinski definition) is 6. The van der Waals surface area contributed by atoms with Gasteiger partial charge in [0.1, 0.15) is 0 Å². The van der Waals surface area contributed by atoms with Gasteiger partial charge in [-0.25, -0.2) is 14.9 Å². The zero-order chi connectivity index (χ0) is 19.6. The van der Waals surface area contributed by atoms with E-state index in [1.165, 1.54) is 31.6 Å². The van der Waals surface area contributed by atoms with Gasteiger partial charge < -0.3 is 0 Å². The van der Waals surface area contributed by atoms with Gasteiger partial charge in [-0.15, -0.1) is 0 Å². The summed E-state index contributed by atoms with van der Waals surface area (Å²) in [6, 6.07) is 6.26. The minimum atomic E-state index is -0.520. The first-order chi connectivity index (χ1) is 12.9. The number of hydrogen-bond donors (Lipinski definition) is 1. The van der Waals surface area contributed by atoms with Crippen molar-refractivity contribution in [1.29, 1.82) is 0 Å². The molecule has 1 N–H and O–H groups in total. The fraction of sp³-hybridized carbons (Fsp3) is 0.389. The molecular formula is C18H21N5O3S. The Kier molecular flexibility index (Phi) is 5.59. The Bertz CT molecular complexity index is 1040. The minimum Gasteiger partial charge on any atom is -0.272 e. The van der Waals surface area contributed by atoms with Crippen molar-refractivity contribution in [2.45, 2.75) is 31.2 Å². The van der Waals surface area contributed by atoms with E-state index in [0.717, 1.165) is 45.1 Å². The van der Waals surface area contributed by atoms with Crippen LogP contribution in [0, 0.1) is 0 Å². The maximum absolute atomic E-state index is 12.0. The van der Waals surface area contributed by atoms with Crippen LogP contribution >= 0.6 is 11.8 Å². The molecule has 0 spiro atoms. The lowest BCUT2D eigenvalue weighted by Crippen LogP contribution is -2.39. The number of thioether (sulfide) groups is 1. The van der Waals surface area contributed by atoms with Crippen molar-refractivity contribution in [2.24, 2.45) is 19.2 Å². The van der Waals surface area contributed by atoms with E-state index in [4.69, 9.17) is 0 Å². The van der Waals surface area contributed by atoms with Gasteiger partial charge >= 0.3 is 5.69 Å². The summed E-state index contributed by atoms with van der Waals surface area (Å²) < 4.78 is 2.03. The van der Waals surface area contributed by atoms with Crippen LogP contribution in [0.15, 0.2) is 37.9 Å². The topological polar surface area (TPSA) is 98.3 Å². The lowest BCUT2D eigenvalue weighted by Gasteiger charge is -2.06. The molecule has 0 aliphatic heterocycles. The number of rotatable bonds is 5. The molecule has 1 aromatic heterocycles. The van der Waals surface area contributed by atoms with Gasteiger partial charge in [0.05, 0.1) is 11.5 Å². The van der Waals surface area contributed by atoms with Crippen molar-refractivity contribution in [1.82, 2.24) is 19.8 Å². The summed E-state index contributed by atoms with van der Waals surface area (Å²) in [5, 5.41) is 8.14. The van der Waals surface area contributed by atoms with Crippen LogP contribution < -0.4 is 16.7 Å². The van der Waals surface area contributed by atoms with Crippen molar-refractivity contribution in [3.63, 3.8) is 0 Å². The Balaban J connectivity index is 1.62. The second kappa shape index (κ2) is 7.91. The molecule has 0 bridgehead atoms. The molecule has 0 fully saturated rings. The number of hydrazone groups is 1. The van der Waals surface area contributed by atoms with Gasteiger partial charge in [-0.1, -0.05) is 23.9 Å². The number of aryl methyl sites for hydroxylation is 3. The van der Waals surface area contributed by atoms with Crippen molar-refractivity contribution < 1.29 is 4.79 Å². The summed E-state index contributed by atoms with van der Waals surface area (Å²) in [4.78, 5) is 35.7. The highest BCUT2D eigenvalue weighted by Crippen LogP contribution is 2.23. The Morgan fingerprint density at radius 3 is 2.78 bits per heavy atom. The van der Waals surface area contributed by atoms with E-state index in [2.05, 4.69) is 27.8 Å². The molecule has 0 saturated heterocycles. The zero-order valence-corrected chi connectivity index (χ0v) is 16.3. The van der Waals surface area contributed by atoms with E-state index in [9.17, 15) is 14.4 Å². The van der Waals surface area contributed by atoms with E-state index in [-0.39, 0.29) is 16.7 Å². The monoisotopic (exact) mass is 387 g/mol. The summed E-state index contributed by atoms with van der Waals surface area (Å²) in [5.74, 6) is -0.375. The van der Waals surface area contributed by atoms with Gasteiger partial charge in [-0.2, -0.15) is 10.2 Å². The molecule has 0 atom stereocenters. The molecule has 1 heterocycles. The molecule has 0 saturated carbocycles. The molecule has 0 unspecified atom stereocenters. The van der Waals surface area contributed by atoms with Crippen LogP contribution in [0.25, 0.3) is 0 Å². The highest BCUT2D eigenvalue weighted by Gasteiger charge is 2.13. The van der Waals surface area contributed by atoms with Crippen molar-refractivity contribution in [3.05, 3.63) is 55.7 Å². The molecule has 0 radical (unpaired) electrons. The second-order valence-corrected chi connectivity index (χ2v) is 7.40. The summed E-state index contributed by atoms with van der Waals surface area (Å²) in [5.41, 5.74) is 5.91. The third kappa shape index (κ3) is 4.19. The highest BCUT2D eigenvalue weighted by atomic mass is 32.2. The fourth-order valence-electron chi connectivity index (χ4n) is 2.93. The third-order valence-electron chi connectivity index (χ3n) is 4.50. The SMILES string of the molecule is C/C(=N/NC(=O)CSc1nn(C)c(=O)n(C)c1=O)c1ccc2c(c1)CCC2. The maximum atomic E-state index is 12.0. The Morgan fingerprint density at radius 1 is 1.26 bits per heavy atom. The average molecular weight is 387 g/mol. The van der Waals surface area contributed by atoms with Crippen LogP contribution in [-0.4, -0.2) is 31.7 Å². The molecule has 8 nitrogen and oxygen atoms in total. The predicted octanol–water partition coefficient (Wildman–Crippen LogP) is 0.600. The van der Waals surface area contributed by atoms with Crippen molar-refractivity contribution >= 4 is 23.4 Å². The summed E-state index contributed by atoms with van der Waals surface area (Å²) in [6.07, 6.45) is 3.39. The van der Waals surface area contributed by atoms with Gasteiger partial charge in [0.15, 0.2) is 5.03 Å². The van der Waals surface area contributed by atoms with Crippen LogP contribution in [0.3, 0.4) is 0 Å². The molecular weight excluding hydrogens is 366 g/mol. The summed E-state index contributed by atoms with van der Waals surface area (Å²) in [6.45, 7) is 1.84. The Morgan fingerprint density at radius 2 is 2.00 bits per heavy atom. The molecule has 2 aromatic rings. The van der Waals surface area contributed by atoms with Crippen molar-refractivity contribution in [2.75, 3.05) is 5.75 Å². The second-order valence-electron chi connectivity index (χ2n) is 6.43. The number of carbonyl (C=O) groups is 1. The van der Waals surface area contributed by atoms with Gasteiger partial charge in [0, 0.05) is 14.1 Å². The van der Waals surface area contributed by atoms with Crippen LogP contribution in [-0.2, 0) is 31.7 Å². The molecule has 1 aliphatic rings. The number of fused-ring (bicyclic) bond motifs is 1. The normalized spacial score (nSPS) is 13.5. The van der Waals surface area contributed by atoms with Gasteiger partial charge in [0.2, 0.25) is 5.91 Å².